The number of carbonyl (C=O) groups is 2. The van der Waals surface area contributed by atoms with Gasteiger partial charge in [0.25, 0.3) is 0 Å². The van der Waals surface area contributed by atoms with E-state index in [2.05, 4.69) is 15.9 Å². The first kappa shape index (κ1) is 17.8. The van der Waals surface area contributed by atoms with E-state index in [4.69, 9.17) is 4.74 Å². The summed E-state index contributed by atoms with van der Waals surface area (Å²) in [6, 6.07) is 7.88. The van der Waals surface area contributed by atoms with Gasteiger partial charge in [-0.25, -0.2) is 4.79 Å². The van der Waals surface area contributed by atoms with Gasteiger partial charge in [0.2, 0.25) is 5.91 Å². The third-order valence-electron chi connectivity index (χ3n) is 4.04. The summed E-state index contributed by atoms with van der Waals surface area (Å²) < 4.78 is 6.03. The fourth-order valence-electron chi connectivity index (χ4n) is 2.83. The Morgan fingerprint density at radius 3 is 2.83 bits per heavy atom. The highest BCUT2D eigenvalue weighted by molar-refractivity contribution is 9.10. The van der Waals surface area contributed by atoms with E-state index in [1.54, 1.807) is 16.7 Å². The highest BCUT2D eigenvalue weighted by atomic mass is 79.9. The van der Waals surface area contributed by atoms with Crippen LogP contribution >= 0.6 is 15.9 Å². The molecule has 0 spiro atoms. The molecular formula is C17H23BrN2O3. The van der Waals surface area contributed by atoms with Crippen LogP contribution in [0.5, 0.6) is 0 Å². The maximum atomic E-state index is 12.7. The zero-order valence-corrected chi connectivity index (χ0v) is 15.2. The van der Waals surface area contributed by atoms with Crippen molar-refractivity contribution in [3.05, 3.63) is 34.3 Å². The zero-order chi connectivity index (χ0) is 16.8. The first-order valence-electron chi connectivity index (χ1n) is 7.93. The van der Waals surface area contributed by atoms with E-state index in [0.717, 1.165) is 22.9 Å². The van der Waals surface area contributed by atoms with Crippen LogP contribution in [0, 0.1) is 5.92 Å². The van der Waals surface area contributed by atoms with Crippen molar-refractivity contribution in [1.29, 1.82) is 0 Å². The van der Waals surface area contributed by atoms with Crippen molar-refractivity contribution < 1.29 is 14.3 Å². The maximum absolute atomic E-state index is 12.7. The van der Waals surface area contributed by atoms with Crippen LogP contribution in [0.3, 0.4) is 0 Å². The van der Waals surface area contributed by atoms with Crippen molar-refractivity contribution in [3.8, 4) is 0 Å². The first-order valence-corrected chi connectivity index (χ1v) is 8.72. The zero-order valence-electron chi connectivity index (χ0n) is 13.6. The van der Waals surface area contributed by atoms with Crippen LogP contribution < -0.4 is 0 Å². The molecule has 1 heterocycles. The van der Waals surface area contributed by atoms with Gasteiger partial charge < -0.3 is 14.5 Å². The molecule has 23 heavy (non-hydrogen) atoms. The van der Waals surface area contributed by atoms with Crippen molar-refractivity contribution in [2.75, 3.05) is 26.7 Å². The van der Waals surface area contributed by atoms with Crippen molar-refractivity contribution in [2.45, 2.75) is 26.3 Å². The highest BCUT2D eigenvalue weighted by Crippen LogP contribution is 2.22. The van der Waals surface area contributed by atoms with Gasteiger partial charge in [-0.2, -0.15) is 0 Å². The molecule has 126 valence electrons. The molecule has 6 heteroatoms. The third kappa shape index (κ3) is 4.70. The number of amides is 2. The molecule has 0 radical (unpaired) electrons. The van der Waals surface area contributed by atoms with Gasteiger partial charge in [-0.15, -0.1) is 0 Å². The Morgan fingerprint density at radius 2 is 2.13 bits per heavy atom. The molecule has 0 saturated carbocycles. The minimum atomic E-state index is -0.321. The molecule has 1 saturated heterocycles. The van der Waals surface area contributed by atoms with Gasteiger partial charge in [0.05, 0.1) is 12.5 Å². The summed E-state index contributed by atoms with van der Waals surface area (Å²) in [5, 5.41) is 0. The molecule has 5 nitrogen and oxygen atoms in total. The molecule has 1 aliphatic rings. The van der Waals surface area contributed by atoms with Crippen molar-refractivity contribution in [1.82, 2.24) is 9.80 Å². The van der Waals surface area contributed by atoms with Crippen LogP contribution in [0.25, 0.3) is 0 Å². The van der Waals surface area contributed by atoms with E-state index in [1.165, 1.54) is 0 Å². The predicted octanol–water partition coefficient (Wildman–Crippen LogP) is 3.28. The second-order valence-corrected chi connectivity index (χ2v) is 6.62. The molecule has 0 aliphatic carbocycles. The van der Waals surface area contributed by atoms with Gasteiger partial charge in [0.1, 0.15) is 0 Å². The van der Waals surface area contributed by atoms with Gasteiger partial charge in [0.15, 0.2) is 0 Å². The number of ether oxygens (including phenoxy) is 1. The summed E-state index contributed by atoms with van der Waals surface area (Å²) in [5.41, 5.74) is 1.07. The number of hydrogen-bond acceptors (Lipinski definition) is 3. The first-order chi connectivity index (χ1) is 11.0. The van der Waals surface area contributed by atoms with Gasteiger partial charge in [-0.05, 0) is 31.4 Å². The van der Waals surface area contributed by atoms with E-state index in [-0.39, 0.29) is 17.9 Å². The fourth-order valence-corrected chi connectivity index (χ4v) is 3.24. The largest absolute Gasteiger partial charge is 0.450 e. The van der Waals surface area contributed by atoms with Crippen LogP contribution in [-0.4, -0.2) is 48.5 Å². The van der Waals surface area contributed by atoms with Crippen LogP contribution in [0.4, 0.5) is 4.79 Å². The number of piperidine rings is 1. The summed E-state index contributed by atoms with van der Waals surface area (Å²) in [4.78, 5) is 27.9. The molecule has 0 bridgehead atoms. The fraction of sp³-hybridized carbons (Fsp3) is 0.529. The quantitative estimate of drug-likeness (QED) is 0.802. The summed E-state index contributed by atoms with van der Waals surface area (Å²) in [5.74, 6) is -0.0737. The Hall–Kier alpha value is -1.56. The summed E-state index contributed by atoms with van der Waals surface area (Å²) in [6.07, 6.45) is 1.33. The number of benzene rings is 1. The number of hydrogen-bond donors (Lipinski definition) is 0. The Labute approximate surface area is 145 Å². The van der Waals surface area contributed by atoms with Crippen LogP contribution in [0.2, 0.25) is 0 Å². The van der Waals surface area contributed by atoms with Gasteiger partial charge in [-0.3, -0.25) is 4.79 Å². The van der Waals surface area contributed by atoms with E-state index in [1.807, 2.05) is 31.3 Å². The van der Waals surface area contributed by atoms with Crippen molar-refractivity contribution in [2.24, 2.45) is 5.92 Å². The molecule has 1 aromatic rings. The lowest BCUT2D eigenvalue weighted by atomic mass is 9.96. The van der Waals surface area contributed by atoms with Crippen LogP contribution in [-0.2, 0) is 16.1 Å². The normalized spacial score (nSPS) is 17.7. The molecular weight excluding hydrogens is 360 g/mol. The average Bonchev–Trinajstić information content (AvgIpc) is 2.56. The number of likely N-dealkylation sites (tertiary alicyclic amines) is 1. The monoisotopic (exact) mass is 382 g/mol. The van der Waals surface area contributed by atoms with Gasteiger partial charge >= 0.3 is 6.09 Å². The number of nitrogens with zero attached hydrogens (tertiary/aromatic N) is 2. The predicted molar refractivity (Wildman–Crippen MR) is 91.9 cm³/mol. The van der Waals surface area contributed by atoms with Crippen molar-refractivity contribution in [3.63, 3.8) is 0 Å². The van der Waals surface area contributed by atoms with Crippen LogP contribution in [0.1, 0.15) is 25.3 Å². The molecule has 0 N–H and O–H groups in total. The molecule has 1 unspecified atom stereocenters. The van der Waals surface area contributed by atoms with E-state index in [9.17, 15) is 9.59 Å². The summed E-state index contributed by atoms with van der Waals surface area (Å²) in [7, 11) is 1.81. The summed E-state index contributed by atoms with van der Waals surface area (Å²) in [6.45, 7) is 3.80. The van der Waals surface area contributed by atoms with E-state index < -0.39 is 0 Å². The molecule has 1 fully saturated rings. The standard InChI is InChI=1S/C17H23BrN2O3/c1-3-23-17(22)20-10-6-8-14(12-20)16(21)19(2)11-13-7-4-5-9-15(13)18/h4-5,7,9,14H,3,6,8,10-12H2,1-2H3. The van der Waals surface area contributed by atoms with Gasteiger partial charge in [-0.1, -0.05) is 34.1 Å². The summed E-state index contributed by atoms with van der Waals surface area (Å²) >= 11 is 3.51. The molecule has 2 amide bonds. The Morgan fingerprint density at radius 1 is 1.39 bits per heavy atom. The number of halogens is 1. The Kier molecular flexibility index (Phi) is 6.45. The molecule has 1 aromatic carbocycles. The molecule has 1 aliphatic heterocycles. The van der Waals surface area contributed by atoms with E-state index >= 15 is 0 Å². The number of carbonyl (C=O) groups excluding carboxylic acids is 2. The van der Waals surface area contributed by atoms with E-state index in [0.29, 0.717) is 26.2 Å². The van der Waals surface area contributed by atoms with Crippen molar-refractivity contribution >= 4 is 27.9 Å². The second kappa shape index (κ2) is 8.34. The molecule has 2 rings (SSSR count). The lowest BCUT2D eigenvalue weighted by Crippen LogP contribution is -2.45. The maximum Gasteiger partial charge on any atom is 0.409 e. The topological polar surface area (TPSA) is 49.9 Å². The molecule has 0 aromatic heterocycles. The minimum absolute atomic E-state index is 0.0785. The Balaban J connectivity index is 1.96. The Bertz CT molecular complexity index is 565. The minimum Gasteiger partial charge on any atom is -0.450 e. The van der Waals surface area contributed by atoms with Crippen LogP contribution in [0.15, 0.2) is 28.7 Å². The highest BCUT2D eigenvalue weighted by Gasteiger charge is 2.30. The smallest absolute Gasteiger partial charge is 0.409 e. The average molecular weight is 383 g/mol. The lowest BCUT2D eigenvalue weighted by molar-refractivity contribution is -0.136. The molecule has 1 atom stereocenters. The lowest BCUT2D eigenvalue weighted by Gasteiger charge is -2.33. The SMILES string of the molecule is CCOC(=O)N1CCCC(C(=O)N(C)Cc2ccccc2Br)C1. The number of rotatable bonds is 4. The van der Waals surface area contributed by atoms with Gasteiger partial charge in [0, 0.05) is 31.2 Å². The third-order valence-corrected chi connectivity index (χ3v) is 4.81. The second-order valence-electron chi connectivity index (χ2n) is 5.77.